The molecule has 0 spiro atoms. The standard InChI is InChI=1S/C24H33N3O5/c1-25-24(27-17-12-21(29-3)23(31-5)22(13-17)30-4)26-15-16-10-11-19(28-2)14-20(16)32-18-8-6-7-9-18/h10-14,18H,6-9,15H2,1-5H3,(H2,25,26,27). The molecule has 32 heavy (non-hydrogen) atoms. The molecule has 2 aromatic carbocycles. The summed E-state index contributed by atoms with van der Waals surface area (Å²) in [7, 11) is 8.13. The summed E-state index contributed by atoms with van der Waals surface area (Å²) in [6.07, 6.45) is 4.88. The summed E-state index contributed by atoms with van der Waals surface area (Å²) in [5.74, 6) is 3.88. The predicted octanol–water partition coefficient (Wildman–Crippen LogP) is 4.23. The normalized spacial score (nSPS) is 14.1. The van der Waals surface area contributed by atoms with Crippen LogP contribution >= 0.6 is 0 Å². The number of aliphatic imine (C=N–C) groups is 1. The predicted molar refractivity (Wildman–Crippen MR) is 126 cm³/mol. The van der Waals surface area contributed by atoms with Crippen molar-refractivity contribution in [3.05, 3.63) is 35.9 Å². The lowest BCUT2D eigenvalue weighted by Crippen LogP contribution is -2.30. The number of hydrogen-bond acceptors (Lipinski definition) is 6. The molecule has 8 nitrogen and oxygen atoms in total. The van der Waals surface area contributed by atoms with Crippen molar-refractivity contribution >= 4 is 11.6 Å². The van der Waals surface area contributed by atoms with E-state index in [-0.39, 0.29) is 6.10 Å². The fourth-order valence-electron chi connectivity index (χ4n) is 3.75. The Bertz CT molecular complexity index is 901. The van der Waals surface area contributed by atoms with Crippen molar-refractivity contribution in [3.8, 4) is 28.7 Å². The number of guanidine groups is 1. The van der Waals surface area contributed by atoms with Crippen LogP contribution in [0.1, 0.15) is 31.2 Å². The third-order valence-corrected chi connectivity index (χ3v) is 5.47. The van der Waals surface area contributed by atoms with E-state index in [0.29, 0.717) is 29.8 Å². The summed E-state index contributed by atoms with van der Waals surface area (Å²) >= 11 is 0. The van der Waals surface area contributed by atoms with Crippen molar-refractivity contribution in [1.29, 1.82) is 0 Å². The Morgan fingerprint density at radius 3 is 2.16 bits per heavy atom. The zero-order chi connectivity index (χ0) is 22.9. The Morgan fingerprint density at radius 2 is 1.59 bits per heavy atom. The van der Waals surface area contributed by atoms with Gasteiger partial charge in [0.1, 0.15) is 11.5 Å². The summed E-state index contributed by atoms with van der Waals surface area (Å²) in [5, 5.41) is 6.62. The second-order valence-electron chi connectivity index (χ2n) is 7.46. The van der Waals surface area contributed by atoms with Gasteiger partial charge in [-0.2, -0.15) is 0 Å². The van der Waals surface area contributed by atoms with Crippen LogP contribution in [0.2, 0.25) is 0 Å². The van der Waals surface area contributed by atoms with E-state index in [4.69, 9.17) is 23.7 Å². The van der Waals surface area contributed by atoms with E-state index < -0.39 is 0 Å². The quantitative estimate of drug-likeness (QED) is 0.443. The number of anilines is 1. The molecule has 0 saturated heterocycles. The lowest BCUT2D eigenvalue weighted by Gasteiger charge is -2.19. The Hall–Kier alpha value is -3.29. The maximum atomic E-state index is 6.29. The molecule has 0 radical (unpaired) electrons. The van der Waals surface area contributed by atoms with Gasteiger partial charge in [-0.3, -0.25) is 4.99 Å². The second kappa shape index (κ2) is 11.4. The molecule has 3 rings (SSSR count). The van der Waals surface area contributed by atoms with Crippen LogP contribution in [-0.4, -0.2) is 47.6 Å². The molecule has 0 aromatic heterocycles. The largest absolute Gasteiger partial charge is 0.497 e. The number of hydrogen-bond donors (Lipinski definition) is 2. The SMILES string of the molecule is CN=C(NCc1ccc(OC)cc1OC1CCCC1)Nc1cc(OC)c(OC)c(OC)c1. The molecule has 1 fully saturated rings. The van der Waals surface area contributed by atoms with Crippen LogP contribution in [0, 0.1) is 0 Å². The third-order valence-electron chi connectivity index (χ3n) is 5.47. The Kier molecular flexibility index (Phi) is 8.30. The van der Waals surface area contributed by atoms with E-state index in [1.807, 2.05) is 30.3 Å². The number of nitrogens with one attached hydrogen (secondary N) is 2. The summed E-state index contributed by atoms with van der Waals surface area (Å²) < 4.78 is 27.9. The van der Waals surface area contributed by atoms with E-state index in [1.165, 1.54) is 12.8 Å². The maximum absolute atomic E-state index is 6.29. The van der Waals surface area contributed by atoms with Crippen LogP contribution in [0.15, 0.2) is 35.3 Å². The van der Waals surface area contributed by atoms with Gasteiger partial charge in [0.2, 0.25) is 5.75 Å². The van der Waals surface area contributed by atoms with Gasteiger partial charge in [0, 0.05) is 43.0 Å². The van der Waals surface area contributed by atoms with E-state index in [9.17, 15) is 0 Å². The first-order valence-electron chi connectivity index (χ1n) is 10.7. The summed E-state index contributed by atoms with van der Waals surface area (Å²) in [4.78, 5) is 4.33. The lowest BCUT2D eigenvalue weighted by atomic mass is 10.2. The van der Waals surface area contributed by atoms with Crippen molar-refractivity contribution in [2.24, 2.45) is 4.99 Å². The van der Waals surface area contributed by atoms with Crippen LogP contribution in [-0.2, 0) is 6.54 Å². The summed E-state index contributed by atoms with van der Waals surface area (Å²) in [5.41, 5.74) is 1.79. The number of nitrogens with zero attached hydrogens (tertiary/aromatic N) is 1. The fraction of sp³-hybridized carbons (Fsp3) is 0.458. The number of benzene rings is 2. The summed E-state index contributed by atoms with van der Waals surface area (Å²) in [6, 6.07) is 9.56. The van der Waals surface area contributed by atoms with E-state index in [0.717, 1.165) is 35.6 Å². The minimum Gasteiger partial charge on any atom is -0.497 e. The zero-order valence-corrected chi connectivity index (χ0v) is 19.5. The van der Waals surface area contributed by atoms with E-state index in [1.54, 1.807) is 35.5 Å². The van der Waals surface area contributed by atoms with E-state index >= 15 is 0 Å². The second-order valence-corrected chi connectivity index (χ2v) is 7.46. The van der Waals surface area contributed by atoms with Gasteiger partial charge < -0.3 is 34.3 Å². The molecule has 0 heterocycles. The fourth-order valence-corrected chi connectivity index (χ4v) is 3.75. The Labute approximate surface area is 189 Å². The Morgan fingerprint density at radius 1 is 0.906 bits per heavy atom. The van der Waals surface area contributed by atoms with Gasteiger partial charge in [-0.15, -0.1) is 0 Å². The highest BCUT2D eigenvalue weighted by molar-refractivity contribution is 5.94. The smallest absolute Gasteiger partial charge is 0.203 e. The van der Waals surface area contributed by atoms with Gasteiger partial charge in [-0.1, -0.05) is 0 Å². The molecule has 0 aliphatic heterocycles. The van der Waals surface area contributed by atoms with Crippen molar-refractivity contribution < 1.29 is 23.7 Å². The molecule has 2 aromatic rings. The molecular formula is C24H33N3O5. The summed E-state index contributed by atoms with van der Waals surface area (Å²) in [6.45, 7) is 0.538. The number of rotatable bonds is 9. The molecule has 8 heteroatoms. The van der Waals surface area contributed by atoms with Crippen molar-refractivity contribution in [3.63, 3.8) is 0 Å². The Balaban J connectivity index is 1.73. The molecule has 0 amide bonds. The van der Waals surface area contributed by atoms with Gasteiger partial charge in [0.15, 0.2) is 17.5 Å². The van der Waals surface area contributed by atoms with Gasteiger partial charge in [-0.25, -0.2) is 0 Å². The monoisotopic (exact) mass is 443 g/mol. The van der Waals surface area contributed by atoms with Crippen molar-refractivity contribution in [2.45, 2.75) is 38.3 Å². The maximum Gasteiger partial charge on any atom is 0.203 e. The molecule has 0 bridgehead atoms. The van der Waals surface area contributed by atoms with Gasteiger partial charge in [0.05, 0.1) is 34.5 Å². The van der Waals surface area contributed by atoms with Crippen LogP contribution in [0.4, 0.5) is 5.69 Å². The topological polar surface area (TPSA) is 82.6 Å². The lowest BCUT2D eigenvalue weighted by molar-refractivity contribution is 0.207. The van der Waals surface area contributed by atoms with Crippen LogP contribution in [0.3, 0.4) is 0 Å². The first-order chi connectivity index (χ1) is 15.6. The molecule has 1 aliphatic carbocycles. The van der Waals surface area contributed by atoms with Crippen LogP contribution in [0.5, 0.6) is 28.7 Å². The molecule has 174 valence electrons. The van der Waals surface area contributed by atoms with Gasteiger partial charge >= 0.3 is 0 Å². The molecular weight excluding hydrogens is 410 g/mol. The molecule has 0 unspecified atom stereocenters. The van der Waals surface area contributed by atoms with Crippen molar-refractivity contribution in [2.75, 3.05) is 40.8 Å². The van der Waals surface area contributed by atoms with Crippen LogP contribution in [0.25, 0.3) is 0 Å². The number of methoxy groups -OCH3 is 4. The van der Waals surface area contributed by atoms with Crippen LogP contribution < -0.4 is 34.3 Å². The highest BCUT2D eigenvalue weighted by Crippen LogP contribution is 2.40. The van der Waals surface area contributed by atoms with Gasteiger partial charge in [0.25, 0.3) is 0 Å². The minimum absolute atomic E-state index is 0.262. The molecule has 2 N–H and O–H groups in total. The van der Waals surface area contributed by atoms with E-state index in [2.05, 4.69) is 15.6 Å². The highest BCUT2D eigenvalue weighted by Gasteiger charge is 2.19. The molecule has 1 saturated carbocycles. The average molecular weight is 444 g/mol. The zero-order valence-electron chi connectivity index (χ0n) is 19.5. The molecule has 1 aliphatic rings. The first-order valence-corrected chi connectivity index (χ1v) is 10.7. The average Bonchev–Trinajstić information content (AvgIpc) is 3.34. The molecule has 0 atom stereocenters. The third kappa shape index (κ3) is 5.69. The van der Waals surface area contributed by atoms with Crippen molar-refractivity contribution in [1.82, 2.24) is 5.32 Å². The highest BCUT2D eigenvalue weighted by atomic mass is 16.5. The first kappa shape index (κ1) is 23.4. The van der Waals surface area contributed by atoms with Gasteiger partial charge in [-0.05, 0) is 37.8 Å². The minimum atomic E-state index is 0.262. The number of ether oxygens (including phenoxy) is 5.